The van der Waals surface area contributed by atoms with E-state index < -0.39 is 0 Å². The van der Waals surface area contributed by atoms with Gasteiger partial charge >= 0.3 is 5.97 Å². The summed E-state index contributed by atoms with van der Waals surface area (Å²) in [5.74, 6) is 0.939. The number of ether oxygens (including phenoxy) is 1. The minimum absolute atomic E-state index is 0.151. The maximum absolute atomic E-state index is 12.0. The van der Waals surface area contributed by atoms with Crippen molar-refractivity contribution in [3.05, 3.63) is 59.0 Å². The molecule has 0 bridgehead atoms. The summed E-state index contributed by atoms with van der Waals surface area (Å²) in [5.41, 5.74) is 1.45. The number of aryl methyl sites for hydroxylation is 2. The number of furan rings is 1. The van der Waals surface area contributed by atoms with Gasteiger partial charge in [-0.05, 0) is 25.5 Å². The highest BCUT2D eigenvalue weighted by Crippen LogP contribution is 2.17. The first-order chi connectivity index (χ1) is 10.6. The number of hydrogen-bond acceptors (Lipinski definition) is 4. The summed E-state index contributed by atoms with van der Waals surface area (Å²) in [6, 6.07) is 11.3. The number of esters is 1. The van der Waals surface area contributed by atoms with E-state index >= 15 is 0 Å². The molecule has 116 valence electrons. The van der Waals surface area contributed by atoms with Crippen molar-refractivity contribution in [3.8, 4) is 0 Å². The minimum atomic E-state index is -0.384. The summed E-state index contributed by atoms with van der Waals surface area (Å²) in [6.07, 6.45) is 1.31. The molecule has 0 spiro atoms. The van der Waals surface area contributed by atoms with Gasteiger partial charge in [-0.1, -0.05) is 30.3 Å². The average molecular weight is 300 g/mol. The third-order valence-corrected chi connectivity index (χ3v) is 3.36. The predicted molar refractivity (Wildman–Crippen MR) is 82.9 cm³/mol. The van der Waals surface area contributed by atoms with Gasteiger partial charge in [-0.25, -0.2) is 4.79 Å². The molecule has 1 heterocycles. The standard InChI is InChI=1S/C18H20O4/c1-3-21-18(20)17-12-16(22-13(17)2)10-9-15(19)11-14-7-5-4-6-8-14/h4-8,12H,3,9-11H2,1-2H3. The number of Topliss-reactive ketones (excluding diaryl/α,β-unsaturated/α-hetero) is 1. The molecule has 0 aliphatic heterocycles. The van der Waals surface area contributed by atoms with E-state index in [1.54, 1.807) is 19.9 Å². The lowest BCUT2D eigenvalue weighted by Gasteiger charge is -2.00. The molecule has 0 saturated heterocycles. The van der Waals surface area contributed by atoms with Crippen LogP contribution < -0.4 is 0 Å². The summed E-state index contributed by atoms with van der Waals surface area (Å²) in [4.78, 5) is 23.7. The normalized spacial score (nSPS) is 10.5. The fraction of sp³-hybridized carbons (Fsp3) is 0.333. The second kappa shape index (κ2) is 7.59. The summed E-state index contributed by atoms with van der Waals surface area (Å²) in [6.45, 7) is 3.81. The van der Waals surface area contributed by atoms with E-state index in [-0.39, 0.29) is 11.8 Å². The molecule has 1 aromatic carbocycles. The lowest BCUT2D eigenvalue weighted by molar-refractivity contribution is -0.118. The van der Waals surface area contributed by atoms with Crippen LogP contribution in [0.4, 0.5) is 0 Å². The van der Waals surface area contributed by atoms with Gasteiger partial charge in [-0.2, -0.15) is 0 Å². The van der Waals surface area contributed by atoms with Gasteiger partial charge in [0, 0.05) is 19.3 Å². The van der Waals surface area contributed by atoms with Crippen molar-refractivity contribution < 1.29 is 18.7 Å². The molecule has 2 aromatic rings. The number of benzene rings is 1. The highest BCUT2D eigenvalue weighted by molar-refractivity contribution is 5.90. The quantitative estimate of drug-likeness (QED) is 0.734. The Labute approximate surface area is 130 Å². The van der Waals surface area contributed by atoms with Crippen molar-refractivity contribution in [1.29, 1.82) is 0 Å². The Kier molecular flexibility index (Phi) is 5.53. The van der Waals surface area contributed by atoms with Crippen LogP contribution in [-0.4, -0.2) is 18.4 Å². The van der Waals surface area contributed by atoms with Gasteiger partial charge in [0.15, 0.2) is 0 Å². The Morgan fingerprint density at radius 1 is 1.18 bits per heavy atom. The van der Waals surface area contributed by atoms with Crippen LogP contribution in [0.1, 0.15) is 40.8 Å². The summed E-state index contributed by atoms with van der Waals surface area (Å²) >= 11 is 0. The fourth-order valence-corrected chi connectivity index (χ4v) is 2.25. The van der Waals surface area contributed by atoms with Crippen molar-refractivity contribution in [1.82, 2.24) is 0 Å². The van der Waals surface area contributed by atoms with Gasteiger partial charge in [0.2, 0.25) is 0 Å². The van der Waals surface area contributed by atoms with Crippen molar-refractivity contribution in [2.45, 2.75) is 33.1 Å². The van der Waals surface area contributed by atoms with Crippen molar-refractivity contribution in [2.24, 2.45) is 0 Å². The molecule has 4 heteroatoms. The average Bonchev–Trinajstić information content (AvgIpc) is 2.88. The van der Waals surface area contributed by atoms with E-state index in [9.17, 15) is 9.59 Å². The van der Waals surface area contributed by atoms with Gasteiger partial charge in [0.1, 0.15) is 22.9 Å². The summed E-state index contributed by atoms with van der Waals surface area (Å²) in [7, 11) is 0. The Balaban J connectivity index is 1.90. The molecule has 0 N–H and O–H groups in total. The van der Waals surface area contributed by atoms with E-state index in [0.29, 0.717) is 43.0 Å². The largest absolute Gasteiger partial charge is 0.465 e. The zero-order valence-electron chi connectivity index (χ0n) is 12.9. The highest BCUT2D eigenvalue weighted by atomic mass is 16.5. The lowest BCUT2D eigenvalue weighted by Crippen LogP contribution is -2.05. The topological polar surface area (TPSA) is 56.5 Å². The molecule has 0 aliphatic carbocycles. The molecule has 4 nitrogen and oxygen atoms in total. The number of rotatable bonds is 7. The maximum atomic E-state index is 12.0. The minimum Gasteiger partial charge on any atom is -0.465 e. The van der Waals surface area contributed by atoms with Crippen LogP contribution in [0.15, 0.2) is 40.8 Å². The molecule has 22 heavy (non-hydrogen) atoms. The van der Waals surface area contributed by atoms with Crippen LogP contribution in [0, 0.1) is 6.92 Å². The molecule has 0 atom stereocenters. The Morgan fingerprint density at radius 2 is 1.91 bits per heavy atom. The van der Waals surface area contributed by atoms with Gasteiger partial charge in [0.05, 0.1) is 6.61 Å². The number of ketones is 1. The fourth-order valence-electron chi connectivity index (χ4n) is 2.25. The van der Waals surface area contributed by atoms with E-state index in [1.165, 1.54) is 0 Å². The summed E-state index contributed by atoms with van der Waals surface area (Å²) < 4.78 is 10.5. The second-order valence-electron chi connectivity index (χ2n) is 5.10. The van der Waals surface area contributed by atoms with Crippen LogP contribution in [-0.2, 0) is 22.4 Å². The Morgan fingerprint density at radius 3 is 2.59 bits per heavy atom. The highest BCUT2D eigenvalue weighted by Gasteiger charge is 2.16. The van der Waals surface area contributed by atoms with Gasteiger partial charge in [-0.3, -0.25) is 4.79 Å². The molecule has 2 rings (SSSR count). The Bertz CT molecular complexity index is 640. The van der Waals surface area contributed by atoms with Gasteiger partial charge < -0.3 is 9.15 Å². The van der Waals surface area contributed by atoms with Gasteiger partial charge in [-0.15, -0.1) is 0 Å². The first-order valence-electron chi connectivity index (χ1n) is 7.42. The summed E-state index contributed by atoms with van der Waals surface area (Å²) in [5, 5.41) is 0. The molecular weight excluding hydrogens is 280 g/mol. The predicted octanol–water partition coefficient (Wildman–Crippen LogP) is 3.51. The van der Waals surface area contributed by atoms with Crippen LogP contribution in [0.5, 0.6) is 0 Å². The molecule has 0 unspecified atom stereocenters. The smallest absolute Gasteiger partial charge is 0.341 e. The van der Waals surface area contributed by atoms with Crippen LogP contribution >= 0.6 is 0 Å². The van der Waals surface area contributed by atoms with E-state index in [0.717, 1.165) is 5.56 Å². The van der Waals surface area contributed by atoms with Crippen LogP contribution in [0.3, 0.4) is 0 Å². The first kappa shape index (κ1) is 16.0. The van der Waals surface area contributed by atoms with E-state index in [2.05, 4.69) is 0 Å². The van der Waals surface area contributed by atoms with Crippen molar-refractivity contribution in [2.75, 3.05) is 6.61 Å². The third kappa shape index (κ3) is 4.32. The Hall–Kier alpha value is -2.36. The van der Waals surface area contributed by atoms with Crippen LogP contribution in [0.25, 0.3) is 0 Å². The molecule has 0 saturated carbocycles. The first-order valence-corrected chi connectivity index (χ1v) is 7.42. The SMILES string of the molecule is CCOC(=O)c1cc(CCC(=O)Cc2ccccc2)oc1C. The monoisotopic (exact) mass is 300 g/mol. The van der Waals surface area contributed by atoms with Crippen LogP contribution in [0.2, 0.25) is 0 Å². The van der Waals surface area contributed by atoms with Gasteiger partial charge in [0.25, 0.3) is 0 Å². The molecular formula is C18H20O4. The van der Waals surface area contributed by atoms with Crippen molar-refractivity contribution >= 4 is 11.8 Å². The second-order valence-corrected chi connectivity index (χ2v) is 5.10. The molecule has 0 fully saturated rings. The zero-order valence-corrected chi connectivity index (χ0v) is 12.9. The van der Waals surface area contributed by atoms with Crippen molar-refractivity contribution in [3.63, 3.8) is 0 Å². The number of carbonyl (C=O) groups is 2. The maximum Gasteiger partial charge on any atom is 0.341 e. The lowest BCUT2D eigenvalue weighted by atomic mass is 10.1. The third-order valence-electron chi connectivity index (χ3n) is 3.36. The molecule has 0 radical (unpaired) electrons. The molecule has 0 amide bonds. The van der Waals surface area contributed by atoms with E-state index in [4.69, 9.17) is 9.15 Å². The molecule has 1 aromatic heterocycles. The number of carbonyl (C=O) groups excluding carboxylic acids is 2. The molecule has 0 aliphatic rings. The zero-order chi connectivity index (χ0) is 15.9. The van der Waals surface area contributed by atoms with E-state index in [1.807, 2.05) is 30.3 Å². The number of hydrogen-bond donors (Lipinski definition) is 0.